The Kier molecular flexibility index (Phi) is 3.96. The minimum Gasteiger partial charge on any atom is -0.480 e. The van der Waals surface area contributed by atoms with Gasteiger partial charge >= 0.3 is 5.97 Å². The molecule has 0 saturated heterocycles. The van der Waals surface area contributed by atoms with E-state index >= 15 is 0 Å². The number of carbonyl (C=O) groups is 2. The Hall–Kier alpha value is -1.43. The average molecular weight is 313 g/mol. The van der Waals surface area contributed by atoms with E-state index in [2.05, 4.69) is 26.2 Å². The van der Waals surface area contributed by atoms with Gasteiger partial charge in [-0.1, -0.05) is 12.8 Å². The molecule has 0 unspecified atom stereocenters. The molecule has 2 N–H and O–H groups in total. The van der Waals surface area contributed by atoms with E-state index < -0.39 is 17.9 Å². The number of nitrogens with one attached hydrogen (secondary N) is 1. The lowest BCUT2D eigenvalue weighted by Gasteiger charge is -2.13. The second-order valence-corrected chi connectivity index (χ2v) is 5.32. The number of aromatic nitrogens is 1. The largest absolute Gasteiger partial charge is 0.480 e. The van der Waals surface area contributed by atoms with Crippen LogP contribution in [0.1, 0.15) is 29.8 Å². The Morgan fingerprint density at radius 1 is 1.50 bits per heavy atom. The quantitative estimate of drug-likeness (QED) is 0.869. The fourth-order valence-electron chi connectivity index (χ4n) is 1.65. The number of aliphatic carboxylic acids is 1. The first-order valence-electron chi connectivity index (χ1n) is 5.71. The summed E-state index contributed by atoms with van der Waals surface area (Å²) in [4.78, 5) is 26.8. The van der Waals surface area contributed by atoms with Crippen molar-refractivity contribution < 1.29 is 14.7 Å². The van der Waals surface area contributed by atoms with E-state index in [1.807, 2.05) is 0 Å². The Morgan fingerprint density at radius 2 is 2.22 bits per heavy atom. The number of carboxylic acids is 1. The summed E-state index contributed by atoms with van der Waals surface area (Å²) in [6.07, 6.45) is 4.11. The highest BCUT2D eigenvalue weighted by Crippen LogP contribution is 2.33. The molecule has 0 bridgehead atoms. The van der Waals surface area contributed by atoms with Gasteiger partial charge in [0.1, 0.15) is 11.7 Å². The molecular weight excluding hydrogens is 300 g/mol. The summed E-state index contributed by atoms with van der Waals surface area (Å²) in [5, 5.41) is 11.6. The SMILES string of the molecule is O=C(N[C@@H](CC1CC1)C(=O)O)c1ccc(Br)cn1. The van der Waals surface area contributed by atoms with Crippen molar-refractivity contribution in [3.63, 3.8) is 0 Å². The standard InChI is InChI=1S/C12H13BrN2O3/c13-8-3-4-9(14-6-8)11(16)15-10(12(17)18)5-7-1-2-7/h3-4,6-7,10H,1-2,5H2,(H,15,16)(H,17,18)/t10-/m0/s1. The van der Waals surface area contributed by atoms with Crippen molar-refractivity contribution >= 4 is 27.8 Å². The van der Waals surface area contributed by atoms with Crippen LogP contribution in [-0.4, -0.2) is 28.0 Å². The molecule has 1 amide bonds. The number of nitrogens with zero attached hydrogens (tertiary/aromatic N) is 1. The molecule has 1 aliphatic rings. The van der Waals surface area contributed by atoms with Gasteiger partial charge in [0, 0.05) is 10.7 Å². The number of rotatable bonds is 5. The Balaban J connectivity index is 1.99. The number of hydrogen-bond acceptors (Lipinski definition) is 3. The molecule has 2 rings (SSSR count). The number of hydrogen-bond donors (Lipinski definition) is 2. The predicted octanol–water partition coefficient (Wildman–Crippen LogP) is 1.83. The topological polar surface area (TPSA) is 79.3 Å². The van der Waals surface area contributed by atoms with Gasteiger partial charge < -0.3 is 10.4 Å². The van der Waals surface area contributed by atoms with Gasteiger partial charge in [-0.15, -0.1) is 0 Å². The zero-order valence-corrected chi connectivity index (χ0v) is 11.2. The van der Waals surface area contributed by atoms with Gasteiger partial charge in [-0.25, -0.2) is 9.78 Å². The van der Waals surface area contributed by atoms with Crippen LogP contribution in [0.2, 0.25) is 0 Å². The van der Waals surface area contributed by atoms with Gasteiger partial charge in [-0.3, -0.25) is 4.79 Å². The monoisotopic (exact) mass is 312 g/mol. The maximum atomic E-state index is 11.8. The Morgan fingerprint density at radius 3 is 2.72 bits per heavy atom. The van der Waals surface area contributed by atoms with Crippen LogP contribution < -0.4 is 5.32 Å². The van der Waals surface area contributed by atoms with Crippen LogP contribution in [0.3, 0.4) is 0 Å². The van der Waals surface area contributed by atoms with E-state index in [1.54, 1.807) is 12.1 Å². The second-order valence-electron chi connectivity index (χ2n) is 4.41. The lowest BCUT2D eigenvalue weighted by atomic mass is 10.1. The van der Waals surface area contributed by atoms with Crippen LogP contribution >= 0.6 is 15.9 Å². The molecule has 1 aromatic rings. The summed E-state index contributed by atoms with van der Waals surface area (Å²) in [5.41, 5.74) is 0.222. The molecule has 5 nitrogen and oxygen atoms in total. The summed E-state index contributed by atoms with van der Waals surface area (Å²) in [6, 6.07) is 2.42. The van der Waals surface area contributed by atoms with Crippen molar-refractivity contribution in [3.05, 3.63) is 28.5 Å². The third-order valence-corrected chi connectivity index (χ3v) is 3.30. The van der Waals surface area contributed by atoms with Crippen molar-refractivity contribution in [2.75, 3.05) is 0 Å². The maximum absolute atomic E-state index is 11.8. The smallest absolute Gasteiger partial charge is 0.326 e. The molecule has 18 heavy (non-hydrogen) atoms. The molecule has 0 spiro atoms. The molecule has 6 heteroatoms. The molecular formula is C12H13BrN2O3. The Labute approximate surface area is 113 Å². The Bertz CT molecular complexity index is 457. The highest BCUT2D eigenvalue weighted by molar-refractivity contribution is 9.10. The molecule has 1 heterocycles. The fourth-order valence-corrected chi connectivity index (χ4v) is 1.89. The summed E-state index contributed by atoms with van der Waals surface area (Å²) in [5.74, 6) is -1.01. The third-order valence-electron chi connectivity index (χ3n) is 2.83. The third kappa shape index (κ3) is 3.53. The molecule has 0 aromatic carbocycles. The highest BCUT2D eigenvalue weighted by Gasteiger charge is 2.30. The van der Waals surface area contributed by atoms with E-state index in [4.69, 9.17) is 5.11 Å². The van der Waals surface area contributed by atoms with E-state index in [0.717, 1.165) is 17.3 Å². The number of amides is 1. The van der Waals surface area contributed by atoms with Crippen molar-refractivity contribution in [3.8, 4) is 0 Å². The zero-order valence-electron chi connectivity index (χ0n) is 9.60. The first-order valence-corrected chi connectivity index (χ1v) is 6.51. The van der Waals surface area contributed by atoms with Crippen LogP contribution in [0.5, 0.6) is 0 Å². The fraction of sp³-hybridized carbons (Fsp3) is 0.417. The zero-order chi connectivity index (χ0) is 13.1. The molecule has 1 atom stereocenters. The van der Waals surface area contributed by atoms with Crippen LogP contribution in [0, 0.1) is 5.92 Å². The van der Waals surface area contributed by atoms with Crippen molar-refractivity contribution in [2.45, 2.75) is 25.3 Å². The van der Waals surface area contributed by atoms with Crippen molar-refractivity contribution in [1.82, 2.24) is 10.3 Å². The predicted molar refractivity (Wildman–Crippen MR) is 68.2 cm³/mol. The average Bonchev–Trinajstić information content (AvgIpc) is 3.12. The summed E-state index contributed by atoms with van der Waals surface area (Å²) < 4.78 is 0.770. The molecule has 1 aliphatic carbocycles. The minimum absolute atomic E-state index is 0.222. The maximum Gasteiger partial charge on any atom is 0.326 e. The van der Waals surface area contributed by atoms with E-state index in [1.165, 1.54) is 6.20 Å². The minimum atomic E-state index is -0.993. The lowest BCUT2D eigenvalue weighted by Crippen LogP contribution is -2.41. The van der Waals surface area contributed by atoms with Gasteiger partial charge in [-0.05, 0) is 40.4 Å². The lowest BCUT2D eigenvalue weighted by molar-refractivity contribution is -0.139. The number of carboxylic acid groups (broad SMARTS) is 1. The summed E-state index contributed by atoms with van der Waals surface area (Å²) >= 11 is 3.22. The number of carbonyl (C=O) groups excluding carboxylic acids is 1. The number of pyridine rings is 1. The van der Waals surface area contributed by atoms with Crippen LogP contribution in [0.4, 0.5) is 0 Å². The van der Waals surface area contributed by atoms with E-state index in [-0.39, 0.29) is 5.69 Å². The normalized spacial score (nSPS) is 16.1. The molecule has 96 valence electrons. The highest BCUT2D eigenvalue weighted by atomic mass is 79.9. The van der Waals surface area contributed by atoms with Crippen LogP contribution in [0.25, 0.3) is 0 Å². The van der Waals surface area contributed by atoms with Crippen LogP contribution in [-0.2, 0) is 4.79 Å². The number of halogens is 1. The molecule has 1 saturated carbocycles. The van der Waals surface area contributed by atoms with E-state index in [0.29, 0.717) is 12.3 Å². The van der Waals surface area contributed by atoms with Crippen LogP contribution in [0.15, 0.2) is 22.8 Å². The molecule has 1 fully saturated rings. The van der Waals surface area contributed by atoms with Gasteiger partial charge in [0.05, 0.1) is 0 Å². The summed E-state index contributed by atoms with van der Waals surface area (Å²) in [7, 11) is 0. The van der Waals surface area contributed by atoms with Gasteiger partial charge in [0.2, 0.25) is 0 Å². The summed E-state index contributed by atoms with van der Waals surface area (Å²) in [6.45, 7) is 0. The first kappa shape index (κ1) is 13.0. The van der Waals surface area contributed by atoms with Crippen molar-refractivity contribution in [2.24, 2.45) is 5.92 Å². The molecule has 1 aromatic heterocycles. The van der Waals surface area contributed by atoms with E-state index in [9.17, 15) is 9.59 Å². The van der Waals surface area contributed by atoms with Crippen molar-refractivity contribution in [1.29, 1.82) is 0 Å². The first-order chi connectivity index (χ1) is 8.56. The molecule has 0 radical (unpaired) electrons. The van der Waals surface area contributed by atoms with Gasteiger partial charge in [0.15, 0.2) is 0 Å². The second kappa shape index (κ2) is 5.48. The van der Waals surface area contributed by atoms with Gasteiger partial charge in [-0.2, -0.15) is 0 Å². The van der Waals surface area contributed by atoms with Gasteiger partial charge in [0.25, 0.3) is 5.91 Å². The molecule has 0 aliphatic heterocycles.